The molecule has 3 aliphatic rings. The molecule has 3 aliphatic heterocycles. The number of hydrogen-bond acceptors (Lipinski definition) is 11. The average Bonchev–Trinajstić information content (AvgIpc) is 3.27. The minimum Gasteiger partial charge on any atom is -0.444 e. The third kappa shape index (κ3) is 6.56. The van der Waals surface area contributed by atoms with Gasteiger partial charge in [-0.05, 0) is 63.4 Å². The van der Waals surface area contributed by atoms with Gasteiger partial charge in [0, 0.05) is 51.1 Å². The number of benzene rings is 1. The van der Waals surface area contributed by atoms with E-state index in [9.17, 15) is 18.0 Å². The lowest BCUT2D eigenvalue weighted by Gasteiger charge is -2.44. The first-order valence-electron chi connectivity index (χ1n) is 15.6. The number of aromatic nitrogens is 4. The van der Waals surface area contributed by atoms with E-state index in [0.29, 0.717) is 54.5 Å². The third-order valence-electron chi connectivity index (χ3n) is 8.46. The predicted octanol–water partition coefficient (Wildman–Crippen LogP) is 3.60. The van der Waals surface area contributed by atoms with Gasteiger partial charge in [-0.25, -0.2) is 23.2 Å². The fraction of sp³-hybridized carbons (Fsp3) is 0.531. The maximum Gasteiger partial charge on any atom is 0.412 e. The minimum atomic E-state index is -3.78. The number of sulfone groups is 1. The second kappa shape index (κ2) is 11.9. The maximum atomic E-state index is 12.9. The Labute approximate surface area is 274 Å². The summed E-state index contributed by atoms with van der Waals surface area (Å²) in [6.07, 6.45) is 1.22. The van der Waals surface area contributed by atoms with Crippen LogP contribution in [0.25, 0.3) is 0 Å². The first-order chi connectivity index (χ1) is 22.0. The Morgan fingerprint density at radius 3 is 2.62 bits per heavy atom. The largest absolute Gasteiger partial charge is 0.444 e. The van der Waals surface area contributed by atoms with Crippen molar-refractivity contribution >= 4 is 33.3 Å². The predicted molar refractivity (Wildman–Crippen MR) is 172 cm³/mol. The molecular formula is C32H41N7O7S. The summed E-state index contributed by atoms with van der Waals surface area (Å²) in [5, 5.41) is 7.07. The molecule has 47 heavy (non-hydrogen) atoms. The van der Waals surface area contributed by atoms with Gasteiger partial charge in [-0.1, -0.05) is 6.07 Å². The summed E-state index contributed by atoms with van der Waals surface area (Å²) >= 11 is 0. The van der Waals surface area contributed by atoms with Gasteiger partial charge < -0.3 is 24.0 Å². The van der Waals surface area contributed by atoms with E-state index in [4.69, 9.17) is 14.2 Å². The molecule has 14 nitrogen and oxygen atoms in total. The fourth-order valence-electron chi connectivity index (χ4n) is 6.22. The molecule has 0 aliphatic carbocycles. The van der Waals surface area contributed by atoms with Crippen molar-refractivity contribution in [2.75, 3.05) is 43.7 Å². The van der Waals surface area contributed by atoms with Crippen LogP contribution in [0.1, 0.15) is 78.8 Å². The van der Waals surface area contributed by atoms with Crippen LogP contribution in [0.4, 0.5) is 16.3 Å². The minimum absolute atomic E-state index is 0.107. The summed E-state index contributed by atoms with van der Waals surface area (Å²) in [5.41, 5.74) is 3.04. The summed E-state index contributed by atoms with van der Waals surface area (Å²) in [5.74, 6) is 0.287. The second-order valence-electron chi connectivity index (χ2n) is 13.6. The number of fused-ring (bicyclic) bond motifs is 4. The summed E-state index contributed by atoms with van der Waals surface area (Å²) < 4.78 is 46.0. The monoisotopic (exact) mass is 667 g/mol. The van der Waals surface area contributed by atoms with Crippen LogP contribution in [0.15, 0.2) is 29.4 Å². The number of carbonyl (C=O) groups is 2. The zero-order valence-electron chi connectivity index (χ0n) is 27.8. The lowest BCUT2D eigenvalue weighted by atomic mass is 9.80. The molecule has 0 fully saturated rings. The smallest absolute Gasteiger partial charge is 0.412 e. The van der Waals surface area contributed by atoms with Crippen LogP contribution < -0.4 is 10.2 Å². The van der Waals surface area contributed by atoms with E-state index < -0.39 is 27.1 Å². The molecule has 2 atom stereocenters. The molecule has 0 bridgehead atoms. The number of amides is 2. The topological polar surface area (TPSA) is 158 Å². The van der Waals surface area contributed by atoms with E-state index in [1.807, 2.05) is 28.6 Å². The van der Waals surface area contributed by atoms with Gasteiger partial charge in [-0.15, -0.1) is 0 Å². The number of nitrogens with zero attached hydrogens (tertiary/aromatic N) is 6. The van der Waals surface area contributed by atoms with Gasteiger partial charge in [-0.3, -0.25) is 14.8 Å². The van der Waals surface area contributed by atoms with Crippen LogP contribution in [0.5, 0.6) is 0 Å². The van der Waals surface area contributed by atoms with Crippen LogP contribution in [0.3, 0.4) is 0 Å². The fourth-order valence-corrected chi connectivity index (χ4v) is 6.75. The molecule has 1 aromatic carbocycles. The number of anilines is 2. The van der Waals surface area contributed by atoms with Crippen molar-refractivity contribution in [3.05, 3.63) is 58.0 Å². The van der Waals surface area contributed by atoms with E-state index in [2.05, 4.69) is 20.4 Å². The molecule has 1 spiro atoms. The zero-order chi connectivity index (χ0) is 33.9. The summed E-state index contributed by atoms with van der Waals surface area (Å²) in [7, 11) is -0.418. The molecule has 0 saturated heterocycles. The standard InChI is InChI=1S/C32H41N7O7S/c1-19-22-10-9-20(33-30(41)46-31(2,3)4)13-24(22)32(18-44-19)15-26-23(17-45-32)27(35-29(34-26)47(7,42)43)38-11-8-12-39-21(16-38)14-25(36-39)28(40)37(5)6/h9-10,13-14,19H,8,11-12,15-18H2,1-7H3,(H,33,41). The van der Waals surface area contributed by atoms with Crippen LogP contribution >= 0.6 is 0 Å². The molecule has 2 aromatic heterocycles. The Bertz CT molecular complexity index is 1850. The molecule has 3 aromatic rings. The third-order valence-corrected chi connectivity index (χ3v) is 9.31. The van der Waals surface area contributed by atoms with Crippen molar-refractivity contribution in [3.8, 4) is 0 Å². The molecule has 0 radical (unpaired) electrons. The summed E-state index contributed by atoms with van der Waals surface area (Å²) in [6, 6.07) is 7.33. The average molecular weight is 668 g/mol. The van der Waals surface area contributed by atoms with Gasteiger partial charge in [0.2, 0.25) is 15.0 Å². The Morgan fingerprint density at radius 1 is 1.15 bits per heavy atom. The first-order valence-corrected chi connectivity index (χ1v) is 17.5. The Morgan fingerprint density at radius 2 is 1.91 bits per heavy atom. The Kier molecular flexibility index (Phi) is 8.29. The first kappa shape index (κ1) is 32.8. The van der Waals surface area contributed by atoms with E-state index in [1.54, 1.807) is 47.0 Å². The molecule has 6 rings (SSSR count). The highest BCUT2D eigenvalue weighted by molar-refractivity contribution is 7.90. The normalized spacial score (nSPS) is 20.9. The van der Waals surface area contributed by atoms with Crippen LogP contribution in [0.2, 0.25) is 0 Å². The van der Waals surface area contributed by atoms with Gasteiger partial charge in [0.25, 0.3) is 5.91 Å². The molecular weight excluding hydrogens is 626 g/mol. The summed E-state index contributed by atoms with van der Waals surface area (Å²) in [6.45, 7) is 9.21. The number of ether oxygens (including phenoxy) is 3. The number of aryl methyl sites for hydroxylation is 1. The van der Waals surface area contributed by atoms with Gasteiger partial charge in [0.05, 0.1) is 37.3 Å². The van der Waals surface area contributed by atoms with Crippen molar-refractivity contribution < 1.29 is 32.2 Å². The second-order valence-corrected chi connectivity index (χ2v) is 15.5. The van der Waals surface area contributed by atoms with E-state index in [1.165, 1.54) is 4.90 Å². The van der Waals surface area contributed by atoms with Crippen LogP contribution in [0, 0.1) is 0 Å². The van der Waals surface area contributed by atoms with Gasteiger partial charge in [0.1, 0.15) is 17.0 Å². The van der Waals surface area contributed by atoms with Crippen LogP contribution in [-0.2, 0) is 55.8 Å². The highest BCUT2D eigenvalue weighted by Gasteiger charge is 2.46. The molecule has 0 saturated carbocycles. The van der Waals surface area contributed by atoms with Gasteiger partial charge >= 0.3 is 6.09 Å². The number of carbonyl (C=O) groups excluding carboxylic acids is 2. The zero-order valence-corrected chi connectivity index (χ0v) is 28.6. The molecule has 2 unspecified atom stereocenters. The Balaban J connectivity index is 1.38. The van der Waals surface area contributed by atoms with E-state index >= 15 is 0 Å². The molecule has 1 N–H and O–H groups in total. The molecule has 5 heterocycles. The molecule has 252 valence electrons. The lowest BCUT2D eigenvalue weighted by molar-refractivity contribution is -0.148. The molecule has 15 heteroatoms. The van der Waals surface area contributed by atoms with Crippen molar-refractivity contribution in [1.82, 2.24) is 24.6 Å². The quantitative estimate of drug-likeness (QED) is 0.406. The number of rotatable bonds is 4. The van der Waals surface area contributed by atoms with Crippen LogP contribution in [-0.4, -0.2) is 84.2 Å². The van der Waals surface area contributed by atoms with Gasteiger partial charge in [0.15, 0.2) is 5.69 Å². The van der Waals surface area contributed by atoms with Gasteiger partial charge in [-0.2, -0.15) is 5.10 Å². The Hall–Kier alpha value is -4.08. The highest BCUT2D eigenvalue weighted by atomic mass is 32.2. The van der Waals surface area contributed by atoms with Crippen molar-refractivity contribution in [2.24, 2.45) is 0 Å². The van der Waals surface area contributed by atoms with Crippen molar-refractivity contribution in [1.29, 1.82) is 0 Å². The van der Waals surface area contributed by atoms with E-state index in [0.717, 1.165) is 23.1 Å². The summed E-state index contributed by atoms with van der Waals surface area (Å²) in [4.78, 5) is 37.9. The number of hydrogen-bond donors (Lipinski definition) is 1. The SMILES string of the molecule is CC1OCC2(Cc3nc(S(C)(=O)=O)nc(N4CCCn5nc(C(=O)N(C)C)cc5C4)c3CO2)c2cc(NC(=O)OC(C)(C)C)ccc21. The lowest BCUT2D eigenvalue weighted by Crippen LogP contribution is -2.45. The number of nitrogens with one attached hydrogen (secondary N) is 1. The maximum absolute atomic E-state index is 12.9. The van der Waals surface area contributed by atoms with Crippen molar-refractivity contribution in [3.63, 3.8) is 0 Å². The molecule has 2 amide bonds. The highest BCUT2D eigenvalue weighted by Crippen LogP contribution is 2.46. The van der Waals surface area contributed by atoms with Crippen molar-refractivity contribution in [2.45, 2.75) is 82.7 Å². The van der Waals surface area contributed by atoms with E-state index in [-0.39, 0.29) is 36.8 Å².